The van der Waals surface area contributed by atoms with Crippen molar-refractivity contribution in [3.05, 3.63) is 17.3 Å². The van der Waals surface area contributed by atoms with Crippen molar-refractivity contribution in [2.75, 3.05) is 18.9 Å². The highest BCUT2D eigenvalue weighted by atomic mass is 35.5. The van der Waals surface area contributed by atoms with Crippen molar-refractivity contribution in [2.24, 2.45) is 0 Å². The number of pyridine rings is 1. The molecule has 86 valence electrons. The van der Waals surface area contributed by atoms with Gasteiger partial charge in [0.05, 0.1) is 13.2 Å². The second-order valence-corrected chi connectivity index (χ2v) is 3.68. The van der Waals surface area contributed by atoms with Gasteiger partial charge in [0.1, 0.15) is 10.7 Å². The molecule has 0 aliphatic heterocycles. The number of imidazole rings is 1. The minimum absolute atomic E-state index is 0.435. The average molecular weight is 241 g/mol. The summed E-state index contributed by atoms with van der Waals surface area (Å²) >= 11 is 5.84. The van der Waals surface area contributed by atoms with Gasteiger partial charge in [-0.15, -0.1) is 0 Å². The normalized spacial score (nSPS) is 11.1. The fraction of sp³-hybridized carbons (Fsp3) is 0.400. The van der Waals surface area contributed by atoms with E-state index in [1.54, 1.807) is 16.7 Å². The Morgan fingerprint density at radius 3 is 3.00 bits per heavy atom. The van der Waals surface area contributed by atoms with Crippen LogP contribution in [0.15, 0.2) is 12.1 Å². The van der Waals surface area contributed by atoms with Crippen LogP contribution >= 0.6 is 11.6 Å². The van der Waals surface area contributed by atoms with Gasteiger partial charge < -0.3 is 10.5 Å². The van der Waals surface area contributed by atoms with Crippen LogP contribution in [0.1, 0.15) is 6.92 Å². The molecule has 2 N–H and O–H groups in total. The molecule has 6 heteroatoms. The Morgan fingerprint density at radius 1 is 1.44 bits per heavy atom. The van der Waals surface area contributed by atoms with E-state index in [2.05, 4.69) is 9.97 Å². The maximum absolute atomic E-state index is 5.84. The number of halogens is 1. The Bertz CT molecular complexity index is 497. The summed E-state index contributed by atoms with van der Waals surface area (Å²) in [7, 11) is 0. The van der Waals surface area contributed by atoms with E-state index in [4.69, 9.17) is 22.1 Å². The van der Waals surface area contributed by atoms with Crippen molar-refractivity contribution in [3.8, 4) is 0 Å². The minimum Gasteiger partial charge on any atom is -0.380 e. The maximum atomic E-state index is 5.84. The number of hydrogen-bond donors (Lipinski definition) is 1. The predicted molar refractivity (Wildman–Crippen MR) is 63.4 cm³/mol. The third-order valence-corrected chi connectivity index (χ3v) is 2.46. The molecule has 0 amide bonds. The van der Waals surface area contributed by atoms with Gasteiger partial charge in [-0.1, -0.05) is 11.6 Å². The van der Waals surface area contributed by atoms with E-state index >= 15 is 0 Å². The molecule has 0 radical (unpaired) electrons. The topological polar surface area (TPSA) is 66.0 Å². The van der Waals surface area contributed by atoms with E-state index in [0.717, 1.165) is 5.52 Å². The van der Waals surface area contributed by atoms with E-state index in [1.165, 1.54) is 0 Å². The quantitative estimate of drug-likeness (QED) is 0.653. The molecule has 2 rings (SSSR count). The first kappa shape index (κ1) is 11.2. The van der Waals surface area contributed by atoms with Crippen LogP contribution in [0, 0.1) is 0 Å². The molecule has 0 bridgehead atoms. The number of rotatable bonds is 4. The average Bonchev–Trinajstić information content (AvgIpc) is 2.56. The molecule has 0 aromatic carbocycles. The molecule has 2 aromatic rings. The number of nitrogens with two attached hydrogens (primary N) is 1. The summed E-state index contributed by atoms with van der Waals surface area (Å²) in [4.78, 5) is 8.40. The molecule has 0 aliphatic rings. The Labute approximate surface area is 98.2 Å². The Balaban J connectivity index is 2.34. The van der Waals surface area contributed by atoms with Crippen LogP contribution in [-0.4, -0.2) is 27.7 Å². The van der Waals surface area contributed by atoms with E-state index in [0.29, 0.717) is 36.5 Å². The first-order chi connectivity index (χ1) is 7.72. The highest BCUT2D eigenvalue weighted by molar-refractivity contribution is 6.29. The molecule has 5 nitrogen and oxygen atoms in total. The zero-order valence-electron chi connectivity index (χ0n) is 8.98. The molecule has 16 heavy (non-hydrogen) atoms. The molecular weight excluding hydrogens is 228 g/mol. The van der Waals surface area contributed by atoms with Gasteiger partial charge in [-0.05, 0) is 19.1 Å². The fourth-order valence-electron chi connectivity index (χ4n) is 1.52. The van der Waals surface area contributed by atoms with Crippen LogP contribution in [-0.2, 0) is 11.3 Å². The summed E-state index contributed by atoms with van der Waals surface area (Å²) < 4.78 is 7.08. The van der Waals surface area contributed by atoms with Gasteiger partial charge in [-0.2, -0.15) is 0 Å². The van der Waals surface area contributed by atoms with Gasteiger partial charge in [0.25, 0.3) is 0 Å². The molecule has 0 unspecified atom stereocenters. The SMILES string of the molecule is CCOCCn1c(N)nc2ccc(Cl)nc21. The monoisotopic (exact) mass is 240 g/mol. The molecule has 2 aromatic heterocycles. The number of aromatic nitrogens is 3. The molecule has 0 saturated carbocycles. The number of hydrogen-bond acceptors (Lipinski definition) is 4. The van der Waals surface area contributed by atoms with Gasteiger partial charge in [-0.25, -0.2) is 9.97 Å². The lowest BCUT2D eigenvalue weighted by atomic mass is 10.4. The predicted octanol–water partition coefficient (Wildman–Crippen LogP) is 1.70. The lowest BCUT2D eigenvalue weighted by Gasteiger charge is -2.05. The van der Waals surface area contributed by atoms with Crippen molar-refractivity contribution in [1.82, 2.24) is 14.5 Å². The van der Waals surface area contributed by atoms with Crippen LogP contribution in [0.2, 0.25) is 5.15 Å². The smallest absolute Gasteiger partial charge is 0.202 e. The molecule has 0 fully saturated rings. The Morgan fingerprint density at radius 2 is 2.25 bits per heavy atom. The summed E-state index contributed by atoms with van der Waals surface area (Å²) in [6.45, 7) is 3.84. The van der Waals surface area contributed by atoms with E-state index < -0.39 is 0 Å². The standard InChI is InChI=1S/C10H13ClN4O/c1-2-16-6-5-15-9-7(13-10(15)12)3-4-8(11)14-9/h3-4H,2,5-6H2,1H3,(H2,12,13). The highest BCUT2D eigenvalue weighted by Gasteiger charge is 2.09. The lowest BCUT2D eigenvalue weighted by Crippen LogP contribution is -2.09. The molecule has 0 spiro atoms. The van der Waals surface area contributed by atoms with Crippen LogP contribution < -0.4 is 5.73 Å². The van der Waals surface area contributed by atoms with E-state index in [1.807, 2.05) is 6.92 Å². The van der Waals surface area contributed by atoms with Gasteiger partial charge >= 0.3 is 0 Å². The van der Waals surface area contributed by atoms with Gasteiger partial charge in [0.2, 0.25) is 5.95 Å². The fourth-order valence-corrected chi connectivity index (χ4v) is 1.66. The van der Waals surface area contributed by atoms with Crippen molar-refractivity contribution >= 4 is 28.7 Å². The van der Waals surface area contributed by atoms with Crippen LogP contribution in [0.5, 0.6) is 0 Å². The third-order valence-electron chi connectivity index (χ3n) is 2.25. The molecule has 0 atom stereocenters. The van der Waals surface area contributed by atoms with Crippen LogP contribution in [0.25, 0.3) is 11.2 Å². The minimum atomic E-state index is 0.435. The molecular formula is C10H13ClN4O. The number of fused-ring (bicyclic) bond motifs is 1. The largest absolute Gasteiger partial charge is 0.380 e. The highest BCUT2D eigenvalue weighted by Crippen LogP contribution is 2.18. The lowest BCUT2D eigenvalue weighted by molar-refractivity contribution is 0.140. The molecule has 0 saturated heterocycles. The van der Waals surface area contributed by atoms with Crippen molar-refractivity contribution < 1.29 is 4.74 Å². The van der Waals surface area contributed by atoms with Crippen molar-refractivity contribution in [3.63, 3.8) is 0 Å². The third kappa shape index (κ3) is 2.10. The van der Waals surface area contributed by atoms with E-state index in [9.17, 15) is 0 Å². The van der Waals surface area contributed by atoms with Gasteiger partial charge in [-0.3, -0.25) is 4.57 Å². The number of nitrogen functional groups attached to an aromatic ring is 1. The van der Waals surface area contributed by atoms with Gasteiger partial charge in [0, 0.05) is 6.61 Å². The zero-order valence-corrected chi connectivity index (χ0v) is 9.74. The summed E-state index contributed by atoms with van der Waals surface area (Å²) in [6, 6.07) is 3.50. The van der Waals surface area contributed by atoms with Crippen molar-refractivity contribution in [2.45, 2.75) is 13.5 Å². The number of ether oxygens (including phenoxy) is 1. The first-order valence-corrected chi connectivity index (χ1v) is 5.46. The van der Waals surface area contributed by atoms with Crippen LogP contribution in [0.3, 0.4) is 0 Å². The summed E-state index contributed by atoms with van der Waals surface area (Å²) in [5.74, 6) is 0.435. The zero-order chi connectivity index (χ0) is 11.5. The number of anilines is 1. The summed E-state index contributed by atoms with van der Waals surface area (Å²) in [6.07, 6.45) is 0. The number of nitrogens with zero attached hydrogens (tertiary/aromatic N) is 3. The van der Waals surface area contributed by atoms with E-state index in [-0.39, 0.29) is 0 Å². The molecule has 2 heterocycles. The van der Waals surface area contributed by atoms with Crippen molar-refractivity contribution in [1.29, 1.82) is 0 Å². The first-order valence-electron chi connectivity index (χ1n) is 5.08. The second kappa shape index (κ2) is 4.67. The second-order valence-electron chi connectivity index (χ2n) is 3.30. The Kier molecular flexibility index (Phi) is 3.26. The van der Waals surface area contributed by atoms with Gasteiger partial charge in [0.15, 0.2) is 5.65 Å². The summed E-state index contributed by atoms with van der Waals surface area (Å²) in [5.41, 5.74) is 7.25. The Hall–Kier alpha value is -1.33. The van der Waals surface area contributed by atoms with Crippen LogP contribution in [0.4, 0.5) is 5.95 Å². The molecule has 0 aliphatic carbocycles. The summed E-state index contributed by atoms with van der Waals surface area (Å²) in [5, 5.41) is 0.435. The maximum Gasteiger partial charge on any atom is 0.202 e.